The molecule has 0 radical (unpaired) electrons. The summed E-state index contributed by atoms with van der Waals surface area (Å²) >= 11 is 0. The van der Waals surface area contributed by atoms with E-state index in [1.54, 1.807) is 6.07 Å². The predicted octanol–water partition coefficient (Wildman–Crippen LogP) is 2.17. The average Bonchev–Trinajstić information content (AvgIpc) is 3.49. The third-order valence-electron chi connectivity index (χ3n) is 6.37. The predicted molar refractivity (Wildman–Crippen MR) is 122 cm³/mol. The molecular weight excluding hydrogens is 426 g/mol. The highest BCUT2D eigenvalue weighted by Gasteiger charge is 2.44. The zero-order valence-electron chi connectivity index (χ0n) is 18.9. The molecule has 1 saturated carbocycles. The summed E-state index contributed by atoms with van der Waals surface area (Å²) in [7, 11) is -4.16. The van der Waals surface area contributed by atoms with Gasteiger partial charge in [0.1, 0.15) is 10.7 Å². The standard InChI is InChI=1S/C23H31N5O3S/c1-16-13-23(2,3)28(14-16)27-15-18(9-8-17-6-7-17)10-11-19(27)22(29)26-32(30,31)20-5-4-12-25-21(20)24/h4-5,10-12,15-17H,6-9,13-14H2,1-3H3,(H2-,24,25,26,29)/p+1/t16-/m0/s1. The van der Waals surface area contributed by atoms with Gasteiger partial charge < -0.3 is 5.73 Å². The Morgan fingerprint density at radius 2 is 2.06 bits per heavy atom. The Labute approximate surface area is 189 Å². The van der Waals surface area contributed by atoms with Crippen LogP contribution in [0.3, 0.4) is 0 Å². The van der Waals surface area contributed by atoms with E-state index in [4.69, 9.17) is 5.73 Å². The Bertz CT molecular complexity index is 1130. The van der Waals surface area contributed by atoms with Crippen LogP contribution in [0.5, 0.6) is 0 Å². The van der Waals surface area contributed by atoms with Crippen molar-refractivity contribution in [2.24, 2.45) is 11.8 Å². The number of carbonyl (C=O) groups is 1. The first-order valence-corrected chi connectivity index (χ1v) is 12.7. The lowest BCUT2D eigenvalue weighted by Crippen LogP contribution is -2.67. The van der Waals surface area contributed by atoms with Gasteiger partial charge in [-0.3, -0.25) is 4.79 Å². The fraction of sp³-hybridized carbons (Fsp3) is 0.522. The third-order valence-corrected chi connectivity index (χ3v) is 7.75. The lowest BCUT2D eigenvalue weighted by Gasteiger charge is -2.27. The number of hydrogen-bond donors (Lipinski definition) is 2. The minimum Gasteiger partial charge on any atom is -0.383 e. The number of carbonyl (C=O) groups excluding carboxylic acids is 1. The molecule has 3 heterocycles. The highest BCUT2D eigenvalue weighted by atomic mass is 32.2. The molecule has 0 unspecified atom stereocenters. The summed E-state index contributed by atoms with van der Waals surface area (Å²) in [6.45, 7) is 7.27. The number of nitrogens with two attached hydrogens (primary N) is 1. The van der Waals surface area contributed by atoms with Crippen molar-refractivity contribution >= 4 is 21.7 Å². The van der Waals surface area contributed by atoms with Gasteiger partial charge in [0.05, 0.1) is 12.1 Å². The van der Waals surface area contributed by atoms with E-state index in [-0.39, 0.29) is 21.9 Å². The van der Waals surface area contributed by atoms with E-state index < -0.39 is 15.9 Å². The second-order valence-corrected chi connectivity index (χ2v) is 11.4. The van der Waals surface area contributed by atoms with Crippen molar-refractivity contribution in [2.75, 3.05) is 17.3 Å². The van der Waals surface area contributed by atoms with Crippen LogP contribution in [0.4, 0.5) is 5.82 Å². The van der Waals surface area contributed by atoms with Crippen molar-refractivity contribution < 1.29 is 17.9 Å². The minimum absolute atomic E-state index is 0.148. The van der Waals surface area contributed by atoms with Crippen molar-refractivity contribution in [3.8, 4) is 0 Å². The lowest BCUT2D eigenvalue weighted by atomic mass is 9.98. The van der Waals surface area contributed by atoms with Crippen molar-refractivity contribution in [3.63, 3.8) is 0 Å². The first kappa shape index (κ1) is 22.5. The molecule has 8 nitrogen and oxygen atoms in total. The average molecular weight is 459 g/mol. The molecule has 2 aromatic rings. The van der Waals surface area contributed by atoms with E-state index in [1.165, 1.54) is 31.2 Å². The zero-order valence-corrected chi connectivity index (χ0v) is 19.7. The summed E-state index contributed by atoms with van der Waals surface area (Å²) in [4.78, 5) is 16.8. The Kier molecular flexibility index (Phi) is 5.87. The SMILES string of the molecule is C[C@@H]1CN([n+]2cc(CCC3CC3)ccc2C(=O)NS(=O)(=O)c2cccnc2N)C(C)(C)C1. The molecule has 32 heavy (non-hydrogen) atoms. The number of nitrogen functional groups attached to an aromatic ring is 1. The minimum atomic E-state index is -4.16. The molecule has 1 aliphatic carbocycles. The molecule has 0 bridgehead atoms. The van der Waals surface area contributed by atoms with Crippen LogP contribution in [0.1, 0.15) is 62.5 Å². The molecule has 0 aromatic carbocycles. The van der Waals surface area contributed by atoms with Crippen LogP contribution in [-0.4, -0.2) is 31.4 Å². The molecule has 1 aliphatic heterocycles. The van der Waals surface area contributed by atoms with E-state index in [9.17, 15) is 13.2 Å². The summed E-state index contributed by atoms with van der Waals surface area (Å²) in [5.74, 6) is 0.426. The Hall–Kier alpha value is -2.68. The molecule has 2 aliphatic rings. The lowest BCUT2D eigenvalue weighted by molar-refractivity contribution is -0.701. The second-order valence-electron chi connectivity index (χ2n) is 9.77. The Morgan fingerprint density at radius 3 is 2.69 bits per heavy atom. The van der Waals surface area contributed by atoms with Crippen LogP contribution in [0.25, 0.3) is 0 Å². The van der Waals surface area contributed by atoms with Crippen molar-refractivity contribution in [1.29, 1.82) is 0 Å². The molecule has 4 rings (SSSR count). The van der Waals surface area contributed by atoms with E-state index in [0.29, 0.717) is 5.92 Å². The number of pyridine rings is 2. The number of anilines is 1. The smallest absolute Gasteiger partial charge is 0.332 e. The maximum absolute atomic E-state index is 13.2. The topological polar surface area (TPSA) is 109 Å². The van der Waals surface area contributed by atoms with E-state index in [1.807, 2.05) is 16.9 Å². The molecule has 1 saturated heterocycles. The molecule has 172 valence electrons. The monoisotopic (exact) mass is 458 g/mol. The number of nitrogens with zero attached hydrogens (tertiary/aromatic N) is 3. The molecular formula is C23H32N5O3S+. The van der Waals surface area contributed by atoms with Crippen LogP contribution in [0, 0.1) is 11.8 Å². The van der Waals surface area contributed by atoms with E-state index in [2.05, 4.69) is 35.5 Å². The van der Waals surface area contributed by atoms with Gasteiger partial charge in [0.2, 0.25) is 6.20 Å². The number of nitrogens with one attached hydrogen (secondary N) is 1. The van der Waals surface area contributed by atoms with Gasteiger partial charge in [-0.25, -0.2) is 18.1 Å². The van der Waals surface area contributed by atoms with Crippen LogP contribution in [0.15, 0.2) is 41.6 Å². The van der Waals surface area contributed by atoms with Crippen LogP contribution in [-0.2, 0) is 16.4 Å². The number of rotatable bonds is 7. The summed E-state index contributed by atoms with van der Waals surface area (Å²) < 4.78 is 29.7. The molecule has 2 aromatic heterocycles. The fourth-order valence-electron chi connectivity index (χ4n) is 4.64. The Balaban J connectivity index is 1.67. The maximum Gasteiger partial charge on any atom is 0.332 e. The van der Waals surface area contributed by atoms with Crippen molar-refractivity contribution in [3.05, 3.63) is 47.9 Å². The second kappa shape index (κ2) is 8.35. The third kappa shape index (κ3) is 4.72. The van der Waals surface area contributed by atoms with Crippen LogP contribution < -0.4 is 20.1 Å². The molecule has 2 fully saturated rings. The van der Waals surface area contributed by atoms with Gasteiger partial charge in [0.15, 0.2) is 0 Å². The number of hydrogen-bond acceptors (Lipinski definition) is 6. The highest BCUT2D eigenvalue weighted by molar-refractivity contribution is 7.90. The quantitative estimate of drug-likeness (QED) is 0.616. The van der Waals surface area contributed by atoms with Crippen molar-refractivity contribution in [1.82, 2.24) is 9.71 Å². The van der Waals surface area contributed by atoms with Crippen LogP contribution in [0.2, 0.25) is 0 Å². The van der Waals surface area contributed by atoms with Gasteiger partial charge in [0.25, 0.3) is 10.0 Å². The zero-order chi connectivity index (χ0) is 23.1. The van der Waals surface area contributed by atoms with Crippen LogP contribution >= 0.6 is 0 Å². The van der Waals surface area contributed by atoms with Gasteiger partial charge in [-0.1, -0.05) is 24.4 Å². The maximum atomic E-state index is 13.2. The van der Waals surface area contributed by atoms with Gasteiger partial charge in [-0.05, 0) is 63.1 Å². The first-order chi connectivity index (χ1) is 15.1. The van der Waals surface area contributed by atoms with Gasteiger partial charge in [-0.2, -0.15) is 5.01 Å². The first-order valence-electron chi connectivity index (χ1n) is 11.2. The molecule has 3 N–H and O–H groups in total. The number of aryl methyl sites for hydroxylation is 1. The number of amides is 1. The number of sulfonamides is 1. The fourth-order valence-corrected chi connectivity index (χ4v) is 5.68. The molecule has 0 spiro atoms. The molecule has 1 amide bonds. The summed E-state index contributed by atoms with van der Waals surface area (Å²) in [5, 5.41) is 2.16. The van der Waals surface area contributed by atoms with E-state index in [0.717, 1.165) is 37.3 Å². The Morgan fingerprint density at radius 1 is 1.31 bits per heavy atom. The highest BCUT2D eigenvalue weighted by Crippen LogP contribution is 2.33. The van der Waals surface area contributed by atoms with Gasteiger partial charge in [-0.15, -0.1) is 0 Å². The number of aromatic nitrogens is 2. The van der Waals surface area contributed by atoms with E-state index >= 15 is 0 Å². The molecule has 1 atom stereocenters. The van der Waals surface area contributed by atoms with Crippen molar-refractivity contribution in [2.45, 2.75) is 63.3 Å². The van der Waals surface area contributed by atoms with Gasteiger partial charge in [0, 0.05) is 17.8 Å². The summed E-state index contributed by atoms with van der Waals surface area (Å²) in [6, 6.07) is 6.45. The molecule has 9 heteroatoms. The van der Waals surface area contributed by atoms with Gasteiger partial charge >= 0.3 is 11.6 Å². The summed E-state index contributed by atoms with van der Waals surface area (Å²) in [5.41, 5.74) is 6.98. The normalized spacial score (nSPS) is 20.3. The largest absolute Gasteiger partial charge is 0.383 e. The summed E-state index contributed by atoms with van der Waals surface area (Å²) in [6.07, 6.45) is 9.06.